The van der Waals surface area contributed by atoms with Crippen molar-refractivity contribution in [3.63, 3.8) is 0 Å². The summed E-state index contributed by atoms with van der Waals surface area (Å²) in [6.45, 7) is 4.24. The summed E-state index contributed by atoms with van der Waals surface area (Å²) in [6.07, 6.45) is 6.81. The van der Waals surface area contributed by atoms with E-state index >= 15 is 0 Å². The molecule has 0 N–H and O–H groups in total. The van der Waals surface area contributed by atoms with E-state index in [1.807, 2.05) is 30.3 Å². The summed E-state index contributed by atoms with van der Waals surface area (Å²) in [7, 11) is 0. The van der Waals surface area contributed by atoms with Crippen LogP contribution < -0.4 is 4.74 Å². The van der Waals surface area contributed by atoms with Crippen LogP contribution in [0.2, 0.25) is 0 Å². The Balaban J connectivity index is 1.60. The van der Waals surface area contributed by atoms with Crippen molar-refractivity contribution in [2.24, 2.45) is 0 Å². The molecule has 0 aliphatic carbocycles. The fraction of sp³-hybridized carbons (Fsp3) is 0.429. The van der Waals surface area contributed by atoms with Crippen molar-refractivity contribution in [2.45, 2.75) is 12.8 Å². The molecule has 1 aromatic rings. The van der Waals surface area contributed by atoms with Crippen LogP contribution in [0.3, 0.4) is 0 Å². The van der Waals surface area contributed by atoms with Crippen LogP contribution in [0.25, 0.3) is 0 Å². The summed E-state index contributed by atoms with van der Waals surface area (Å²) >= 11 is 0. The Morgan fingerprint density at radius 2 is 2.00 bits per heavy atom. The van der Waals surface area contributed by atoms with Gasteiger partial charge in [-0.1, -0.05) is 30.4 Å². The van der Waals surface area contributed by atoms with Gasteiger partial charge in [-0.2, -0.15) is 0 Å². The lowest BCUT2D eigenvalue weighted by Gasteiger charge is -2.22. The van der Waals surface area contributed by atoms with E-state index in [1.54, 1.807) is 0 Å². The Morgan fingerprint density at radius 3 is 2.75 bits per heavy atom. The summed E-state index contributed by atoms with van der Waals surface area (Å²) < 4.78 is 5.65. The van der Waals surface area contributed by atoms with E-state index in [0.717, 1.165) is 31.9 Å². The summed E-state index contributed by atoms with van der Waals surface area (Å²) in [4.78, 5) is 2.47. The second-order valence-electron chi connectivity index (χ2n) is 4.08. The molecule has 0 radical (unpaired) electrons. The predicted octanol–water partition coefficient (Wildman–Crippen LogP) is 2.72. The van der Waals surface area contributed by atoms with Gasteiger partial charge < -0.3 is 4.74 Å². The molecular weight excluding hydrogens is 198 g/mol. The molecule has 0 unspecified atom stereocenters. The smallest absolute Gasteiger partial charge is 0.119 e. The molecule has 1 aliphatic rings. The average Bonchev–Trinajstić information content (AvgIpc) is 2.37. The molecule has 0 bridgehead atoms. The minimum absolute atomic E-state index is 0.810. The van der Waals surface area contributed by atoms with E-state index in [9.17, 15) is 0 Å². The molecule has 2 rings (SSSR count). The zero-order chi connectivity index (χ0) is 11.1. The fourth-order valence-electron chi connectivity index (χ4n) is 1.89. The molecule has 1 heterocycles. The highest BCUT2D eigenvalue weighted by atomic mass is 16.5. The summed E-state index contributed by atoms with van der Waals surface area (Å²) in [5.41, 5.74) is 0. The first-order valence-electron chi connectivity index (χ1n) is 6.00. The van der Waals surface area contributed by atoms with Crippen LogP contribution in [0.5, 0.6) is 5.75 Å². The second-order valence-corrected chi connectivity index (χ2v) is 4.08. The molecule has 16 heavy (non-hydrogen) atoms. The first-order valence-corrected chi connectivity index (χ1v) is 6.00. The van der Waals surface area contributed by atoms with E-state index in [-0.39, 0.29) is 0 Å². The average molecular weight is 217 g/mol. The Bertz CT molecular complexity index is 321. The lowest BCUT2D eigenvalue weighted by Crippen LogP contribution is -2.29. The first kappa shape index (κ1) is 11.2. The van der Waals surface area contributed by atoms with Gasteiger partial charge in [0.2, 0.25) is 0 Å². The number of ether oxygens (including phenoxy) is 1. The van der Waals surface area contributed by atoms with Gasteiger partial charge in [0.15, 0.2) is 0 Å². The summed E-state index contributed by atoms with van der Waals surface area (Å²) in [6, 6.07) is 10.0. The third-order valence-corrected chi connectivity index (χ3v) is 2.77. The number of hydrogen-bond donors (Lipinski definition) is 0. The van der Waals surface area contributed by atoms with Gasteiger partial charge >= 0.3 is 0 Å². The van der Waals surface area contributed by atoms with Crippen molar-refractivity contribution in [1.29, 1.82) is 0 Å². The van der Waals surface area contributed by atoms with Crippen LogP contribution in [-0.4, -0.2) is 31.1 Å². The molecule has 0 saturated heterocycles. The van der Waals surface area contributed by atoms with Gasteiger partial charge in [0.25, 0.3) is 0 Å². The molecule has 0 amide bonds. The number of rotatable bonds is 5. The van der Waals surface area contributed by atoms with Crippen LogP contribution in [-0.2, 0) is 0 Å². The van der Waals surface area contributed by atoms with Crippen LogP contribution in [0.4, 0.5) is 0 Å². The largest absolute Gasteiger partial charge is 0.494 e. The van der Waals surface area contributed by atoms with Crippen molar-refractivity contribution >= 4 is 0 Å². The SMILES string of the molecule is C1=CCN(CCCOc2ccccc2)CC1. The van der Waals surface area contributed by atoms with Gasteiger partial charge in [0, 0.05) is 19.6 Å². The number of nitrogens with zero attached hydrogens (tertiary/aromatic N) is 1. The topological polar surface area (TPSA) is 12.5 Å². The fourth-order valence-corrected chi connectivity index (χ4v) is 1.89. The quantitative estimate of drug-likeness (QED) is 0.555. The minimum atomic E-state index is 0.810. The third kappa shape index (κ3) is 3.70. The maximum atomic E-state index is 5.65. The monoisotopic (exact) mass is 217 g/mol. The van der Waals surface area contributed by atoms with Gasteiger partial charge in [-0.3, -0.25) is 4.90 Å². The Hall–Kier alpha value is -1.28. The molecule has 0 saturated carbocycles. The van der Waals surface area contributed by atoms with Crippen molar-refractivity contribution in [3.8, 4) is 5.75 Å². The van der Waals surface area contributed by atoms with Crippen LogP contribution in [0, 0.1) is 0 Å². The molecular formula is C14H19NO. The zero-order valence-electron chi connectivity index (χ0n) is 9.64. The van der Waals surface area contributed by atoms with Gasteiger partial charge in [0.1, 0.15) is 5.75 Å². The Kier molecular flexibility index (Phi) is 4.44. The van der Waals surface area contributed by atoms with Crippen LogP contribution in [0.1, 0.15) is 12.8 Å². The number of para-hydroxylation sites is 1. The van der Waals surface area contributed by atoms with Crippen molar-refractivity contribution in [3.05, 3.63) is 42.5 Å². The highest BCUT2D eigenvalue weighted by Crippen LogP contribution is 2.09. The van der Waals surface area contributed by atoms with Gasteiger partial charge in [0.05, 0.1) is 6.61 Å². The molecule has 0 fully saturated rings. The Labute approximate surface area is 97.5 Å². The standard InChI is InChI=1S/C14H19NO/c1-3-8-14(9-4-1)16-13-7-12-15-10-5-2-6-11-15/h1-5,8-9H,6-7,10-13H2. The molecule has 1 aromatic carbocycles. The minimum Gasteiger partial charge on any atom is -0.494 e. The van der Waals surface area contributed by atoms with E-state index in [4.69, 9.17) is 4.74 Å². The van der Waals surface area contributed by atoms with Crippen molar-refractivity contribution in [2.75, 3.05) is 26.2 Å². The van der Waals surface area contributed by atoms with Crippen molar-refractivity contribution < 1.29 is 4.74 Å². The maximum Gasteiger partial charge on any atom is 0.119 e. The molecule has 2 heteroatoms. The predicted molar refractivity (Wildman–Crippen MR) is 66.8 cm³/mol. The van der Waals surface area contributed by atoms with Gasteiger partial charge in [-0.25, -0.2) is 0 Å². The third-order valence-electron chi connectivity index (χ3n) is 2.77. The normalized spacial score (nSPS) is 16.2. The highest BCUT2D eigenvalue weighted by Gasteiger charge is 2.04. The lowest BCUT2D eigenvalue weighted by atomic mass is 10.2. The van der Waals surface area contributed by atoms with Crippen LogP contribution >= 0.6 is 0 Å². The zero-order valence-corrected chi connectivity index (χ0v) is 9.64. The van der Waals surface area contributed by atoms with Gasteiger partial charge in [-0.05, 0) is 25.0 Å². The Morgan fingerprint density at radius 1 is 1.12 bits per heavy atom. The number of hydrogen-bond acceptors (Lipinski definition) is 2. The molecule has 86 valence electrons. The van der Waals surface area contributed by atoms with E-state index in [0.29, 0.717) is 0 Å². The molecule has 0 aromatic heterocycles. The molecule has 2 nitrogen and oxygen atoms in total. The van der Waals surface area contributed by atoms with Crippen LogP contribution in [0.15, 0.2) is 42.5 Å². The van der Waals surface area contributed by atoms with Gasteiger partial charge in [-0.15, -0.1) is 0 Å². The summed E-state index contributed by atoms with van der Waals surface area (Å²) in [5, 5.41) is 0. The van der Waals surface area contributed by atoms with E-state index < -0.39 is 0 Å². The maximum absolute atomic E-state index is 5.65. The second kappa shape index (κ2) is 6.33. The molecule has 1 aliphatic heterocycles. The lowest BCUT2D eigenvalue weighted by molar-refractivity contribution is 0.247. The van der Waals surface area contributed by atoms with Crippen molar-refractivity contribution in [1.82, 2.24) is 4.90 Å². The molecule has 0 atom stereocenters. The number of benzene rings is 1. The summed E-state index contributed by atoms with van der Waals surface area (Å²) in [5.74, 6) is 0.973. The van der Waals surface area contributed by atoms with E-state index in [1.165, 1.54) is 13.0 Å². The van der Waals surface area contributed by atoms with E-state index in [2.05, 4.69) is 17.1 Å². The molecule has 0 spiro atoms. The first-order chi connectivity index (χ1) is 7.95. The highest BCUT2D eigenvalue weighted by molar-refractivity contribution is 5.20.